The molecule has 0 aromatic rings. The van der Waals surface area contributed by atoms with Gasteiger partial charge in [-0.25, -0.2) is 13.2 Å². The van der Waals surface area contributed by atoms with Crippen LogP contribution in [0.2, 0.25) is 0 Å². The molecule has 1 fully saturated rings. The Morgan fingerprint density at radius 3 is 2.05 bits per heavy atom. The zero-order chi connectivity index (χ0) is 16.5. The fourth-order valence-electron chi connectivity index (χ4n) is 2.55. The van der Waals surface area contributed by atoms with Crippen LogP contribution in [0.25, 0.3) is 0 Å². The minimum absolute atomic E-state index is 0.363. The Morgan fingerprint density at radius 2 is 1.57 bits per heavy atom. The van der Waals surface area contributed by atoms with Gasteiger partial charge in [0.15, 0.2) is 9.84 Å². The summed E-state index contributed by atoms with van der Waals surface area (Å²) < 4.78 is 29.8. The highest BCUT2D eigenvalue weighted by molar-refractivity contribution is 7.93. The predicted octanol–water partition coefficient (Wildman–Crippen LogP) is 3.04. The standard InChI is InChI=1S/C15H29NO4S/c1-14(2,3)20-13(17)16-11-9-7-8-10-12(11)21(18,19)15(4,5)6/h11-12H,7-10H2,1-6H3,(H,16,17)/t11-,12+/m0/s1. The van der Waals surface area contributed by atoms with Crippen molar-refractivity contribution >= 4 is 15.9 Å². The summed E-state index contributed by atoms with van der Waals surface area (Å²) in [5.74, 6) is 0. The molecule has 0 aromatic carbocycles. The van der Waals surface area contributed by atoms with Crippen LogP contribution in [0, 0.1) is 0 Å². The zero-order valence-electron chi connectivity index (χ0n) is 14.0. The lowest BCUT2D eigenvalue weighted by Gasteiger charge is -2.36. The van der Waals surface area contributed by atoms with Crippen LogP contribution < -0.4 is 5.32 Å². The molecule has 5 nitrogen and oxygen atoms in total. The highest BCUT2D eigenvalue weighted by Crippen LogP contribution is 2.31. The number of hydrogen-bond acceptors (Lipinski definition) is 4. The van der Waals surface area contributed by atoms with E-state index < -0.39 is 31.5 Å². The Hall–Kier alpha value is -0.780. The Kier molecular flexibility index (Phi) is 5.35. The van der Waals surface area contributed by atoms with Crippen molar-refractivity contribution in [3.63, 3.8) is 0 Å². The van der Waals surface area contributed by atoms with Crippen LogP contribution in [0.5, 0.6) is 0 Å². The van der Waals surface area contributed by atoms with Crippen LogP contribution in [-0.2, 0) is 14.6 Å². The van der Waals surface area contributed by atoms with E-state index in [1.807, 2.05) is 0 Å². The van der Waals surface area contributed by atoms with Crippen LogP contribution in [0.4, 0.5) is 4.79 Å². The van der Waals surface area contributed by atoms with Crippen molar-refractivity contribution in [3.05, 3.63) is 0 Å². The highest BCUT2D eigenvalue weighted by atomic mass is 32.2. The molecule has 1 saturated carbocycles. The number of nitrogens with one attached hydrogen (secondary N) is 1. The van der Waals surface area contributed by atoms with Crippen molar-refractivity contribution in [1.82, 2.24) is 5.32 Å². The van der Waals surface area contributed by atoms with Gasteiger partial charge in [-0.15, -0.1) is 0 Å². The van der Waals surface area contributed by atoms with Gasteiger partial charge in [0.05, 0.1) is 10.00 Å². The lowest BCUT2D eigenvalue weighted by molar-refractivity contribution is 0.0494. The van der Waals surface area contributed by atoms with E-state index in [0.29, 0.717) is 12.8 Å². The molecule has 1 N–H and O–H groups in total. The molecule has 0 spiro atoms. The number of amides is 1. The van der Waals surface area contributed by atoms with E-state index in [4.69, 9.17) is 4.74 Å². The first kappa shape index (κ1) is 18.3. The van der Waals surface area contributed by atoms with Gasteiger partial charge in [-0.3, -0.25) is 0 Å². The number of ether oxygens (including phenoxy) is 1. The molecule has 21 heavy (non-hydrogen) atoms. The number of hydrogen-bond donors (Lipinski definition) is 1. The summed E-state index contributed by atoms with van der Waals surface area (Å²) in [7, 11) is -3.31. The van der Waals surface area contributed by atoms with E-state index >= 15 is 0 Å². The topological polar surface area (TPSA) is 72.5 Å². The lowest BCUT2D eigenvalue weighted by atomic mass is 9.95. The highest BCUT2D eigenvalue weighted by Gasteiger charge is 2.43. The molecule has 1 aliphatic rings. The van der Waals surface area contributed by atoms with Gasteiger partial charge in [0.2, 0.25) is 0 Å². The molecule has 0 heterocycles. The van der Waals surface area contributed by atoms with Crippen molar-refractivity contribution in [2.24, 2.45) is 0 Å². The van der Waals surface area contributed by atoms with Crippen molar-refractivity contribution < 1.29 is 17.9 Å². The number of sulfone groups is 1. The Morgan fingerprint density at radius 1 is 1.05 bits per heavy atom. The third-order valence-electron chi connectivity index (χ3n) is 3.66. The van der Waals surface area contributed by atoms with Gasteiger partial charge in [0, 0.05) is 6.04 Å². The first-order valence-corrected chi connectivity index (χ1v) is 9.12. The maximum absolute atomic E-state index is 12.7. The maximum Gasteiger partial charge on any atom is 0.407 e. The van der Waals surface area contributed by atoms with E-state index in [0.717, 1.165) is 12.8 Å². The predicted molar refractivity (Wildman–Crippen MR) is 84.1 cm³/mol. The second-order valence-corrected chi connectivity index (χ2v) is 10.7. The molecular weight excluding hydrogens is 290 g/mol. The summed E-state index contributed by atoms with van der Waals surface area (Å²) in [6.07, 6.45) is 2.55. The molecule has 124 valence electrons. The molecule has 0 bridgehead atoms. The zero-order valence-corrected chi connectivity index (χ0v) is 14.8. The van der Waals surface area contributed by atoms with E-state index in [1.54, 1.807) is 41.5 Å². The third kappa shape index (κ3) is 4.87. The van der Waals surface area contributed by atoms with Crippen LogP contribution in [0.1, 0.15) is 67.2 Å². The minimum Gasteiger partial charge on any atom is -0.444 e. The second kappa shape index (κ2) is 6.15. The van der Waals surface area contributed by atoms with E-state index in [1.165, 1.54) is 0 Å². The lowest BCUT2D eigenvalue weighted by Crippen LogP contribution is -2.53. The number of carbonyl (C=O) groups excluding carboxylic acids is 1. The molecular formula is C15H29NO4S. The van der Waals surface area contributed by atoms with Gasteiger partial charge < -0.3 is 10.1 Å². The van der Waals surface area contributed by atoms with Gasteiger partial charge in [-0.1, -0.05) is 12.8 Å². The first-order chi connectivity index (χ1) is 9.34. The normalized spacial score (nSPS) is 24.5. The van der Waals surface area contributed by atoms with Gasteiger partial charge in [0.1, 0.15) is 5.60 Å². The monoisotopic (exact) mass is 319 g/mol. The third-order valence-corrected chi connectivity index (χ3v) is 6.73. The molecule has 2 atom stereocenters. The van der Waals surface area contributed by atoms with Gasteiger partial charge in [0.25, 0.3) is 0 Å². The average molecular weight is 319 g/mol. The van der Waals surface area contributed by atoms with Gasteiger partial charge in [-0.05, 0) is 54.4 Å². The fourth-order valence-corrected chi connectivity index (χ4v) is 4.57. The van der Waals surface area contributed by atoms with Crippen molar-refractivity contribution in [2.45, 2.75) is 88.9 Å². The first-order valence-electron chi connectivity index (χ1n) is 7.57. The van der Waals surface area contributed by atoms with E-state index in [2.05, 4.69) is 5.32 Å². The summed E-state index contributed by atoms with van der Waals surface area (Å²) in [5, 5.41) is 2.23. The molecule has 0 aliphatic heterocycles. The summed E-state index contributed by atoms with van der Waals surface area (Å²) >= 11 is 0. The fraction of sp³-hybridized carbons (Fsp3) is 0.933. The smallest absolute Gasteiger partial charge is 0.407 e. The van der Waals surface area contributed by atoms with E-state index in [-0.39, 0.29) is 6.04 Å². The van der Waals surface area contributed by atoms with Crippen LogP contribution in [0.3, 0.4) is 0 Å². The molecule has 0 unspecified atom stereocenters. The second-order valence-electron chi connectivity index (χ2n) is 7.73. The molecule has 0 radical (unpaired) electrons. The van der Waals surface area contributed by atoms with Crippen LogP contribution >= 0.6 is 0 Å². The van der Waals surface area contributed by atoms with E-state index in [9.17, 15) is 13.2 Å². The molecule has 6 heteroatoms. The van der Waals surface area contributed by atoms with Gasteiger partial charge in [-0.2, -0.15) is 0 Å². The quantitative estimate of drug-likeness (QED) is 0.849. The molecule has 1 amide bonds. The summed E-state index contributed by atoms with van der Waals surface area (Å²) in [6, 6.07) is -0.363. The average Bonchev–Trinajstić information content (AvgIpc) is 2.25. The van der Waals surface area contributed by atoms with Crippen molar-refractivity contribution in [3.8, 4) is 0 Å². The number of rotatable bonds is 2. The Balaban J connectivity index is 2.87. The molecule has 1 rings (SSSR count). The summed E-state index contributed by atoms with van der Waals surface area (Å²) in [5.41, 5.74) is -0.586. The summed E-state index contributed by atoms with van der Waals surface area (Å²) in [6.45, 7) is 10.5. The van der Waals surface area contributed by atoms with Crippen LogP contribution in [0.15, 0.2) is 0 Å². The summed E-state index contributed by atoms with van der Waals surface area (Å²) in [4.78, 5) is 11.9. The van der Waals surface area contributed by atoms with Gasteiger partial charge >= 0.3 is 6.09 Å². The maximum atomic E-state index is 12.7. The molecule has 1 aliphatic carbocycles. The van der Waals surface area contributed by atoms with Crippen molar-refractivity contribution in [2.75, 3.05) is 0 Å². The van der Waals surface area contributed by atoms with Crippen molar-refractivity contribution in [1.29, 1.82) is 0 Å². The Bertz CT molecular complexity index is 471. The largest absolute Gasteiger partial charge is 0.444 e. The molecule has 0 aromatic heterocycles. The SMILES string of the molecule is CC(C)(C)OC(=O)N[C@H]1CCCC[C@H]1S(=O)(=O)C(C)(C)C. The Labute approximate surface area is 128 Å². The number of alkyl carbamates (subject to hydrolysis) is 1. The minimum atomic E-state index is -3.31. The number of carbonyl (C=O) groups is 1. The van der Waals surface area contributed by atoms with Crippen LogP contribution in [-0.4, -0.2) is 36.2 Å². The molecule has 0 saturated heterocycles.